The predicted molar refractivity (Wildman–Crippen MR) is 246 cm³/mol. The topological polar surface area (TPSA) is 255 Å². The molecule has 0 aromatic heterocycles. The van der Waals surface area contributed by atoms with Crippen molar-refractivity contribution < 1.29 is 62.5 Å². The number of carboxylic acid groups (broad SMARTS) is 2. The number of allylic oxidation sites excluding steroid dienone is 7. The quantitative estimate of drug-likeness (QED) is 0.0110. The van der Waals surface area contributed by atoms with Gasteiger partial charge >= 0.3 is 31.7 Å². The van der Waals surface area contributed by atoms with Crippen LogP contribution in [0.3, 0.4) is 0 Å². The van der Waals surface area contributed by atoms with Crippen LogP contribution in [0.15, 0.2) is 48.6 Å². The number of esters is 2. The number of phosphoric ester groups is 1. The lowest BCUT2D eigenvalue weighted by atomic mass is 10.0. The van der Waals surface area contributed by atoms with Gasteiger partial charge < -0.3 is 41.2 Å². The monoisotopic (exact) mass is 919 g/mol. The van der Waals surface area contributed by atoms with Crippen molar-refractivity contribution in [1.29, 1.82) is 0 Å². The van der Waals surface area contributed by atoms with E-state index in [1.165, 1.54) is 82.4 Å². The van der Waals surface area contributed by atoms with Gasteiger partial charge in [0.2, 0.25) is 0 Å². The van der Waals surface area contributed by atoms with Gasteiger partial charge in [-0.25, -0.2) is 4.57 Å². The molecule has 1 unspecified atom stereocenters. The Morgan fingerprint density at radius 2 is 1.26 bits per heavy atom. The first kappa shape index (κ1) is 59.2. The van der Waals surface area contributed by atoms with Crippen LogP contribution in [0.25, 0.3) is 0 Å². The van der Waals surface area contributed by atoms with Crippen molar-refractivity contribution in [2.45, 2.75) is 185 Å². The number of rotatable bonds is 42. The third-order valence-corrected chi connectivity index (χ3v) is 11.9. The van der Waals surface area contributed by atoms with Crippen LogP contribution in [0.1, 0.15) is 155 Å². The second kappa shape index (κ2) is 39.7. The number of aliphatic carboxylic acids is 2. The summed E-state index contributed by atoms with van der Waals surface area (Å²) in [7, 11) is -4.85. The number of hydrogen-bond acceptors (Lipinski definition) is 13. The number of hydrogen-bond donors (Lipinski definition) is 6. The van der Waals surface area contributed by atoms with Gasteiger partial charge in [-0.3, -0.25) is 28.2 Å². The van der Waals surface area contributed by atoms with E-state index in [9.17, 15) is 33.7 Å². The van der Waals surface area contributed by atoms with E-state index in [0.717, 1.165) is 38.5 Å². The van der Waals surface area contributed by atoms with Crippen molar-refractivity contribution in [3.05, 3.63) is 48.6 Å². The average Bonchev–Trinajstić information content (AvgIpc) is 3.23. The zero-order chi connectivity index (χ0) is 46.3. The minimum atomic E-state index is -4.85. The molecular formula is C45H79N2O13PS. The van der Waals surface area contributed by atoms with Gasteiger partial charge in [-0.1, -0.05) is 152 Å². The van der Waals surface area contributed by atoms with Crippen molar-refractivity contribution in [3.63, 3.8) is 0 Å². The van der Waals surface area contributed by atoms with Crippen LogP contribution in [-0.2, 0) is 42.3 Å². The summed E-state index contributed by atoms with van der Waals surface area (Å²) in [5, 5.41) is 28.3. The highest BCUT2D eigenvalue weighted by molar-refractivity contribution is 8.00. The number of ether oxygens (including phenoxy) is 2. The Labute approximate surface area is 375 Å². The maximum atomic E-state index is 13.0. The van der Waals surface area contributed by atoms with E-state index in [-0.39, 0.29) is 31.4 Å². The second-order valence-corrected chi connectivity index (χ2v) is 18.1. The fourth-order valence-corrected chi connectivity index (χ4v) is 7.76. The van der Waals surface area contributed by atoms with Gasteiger partial charge in [-0.15, -0.1) is 11.8 Å². The van der Waals surface area contributed by atoms with Crippen LogP contribution in [0.4, 0.5) is 0 Å². The van der Waals surface area contributed by atoms with Crippen molar-refractivity contribution in [2.75, 3.05) is 25.6 Å². The molecule has 0 aliphatic heterocycles. The minimum absolute atomic E-state index is 0.00154. The van der Waals surface area contributed by atoms with Crippen LogP contribution in [0, 0.1) is 0 Å². The lowest BCUT2D eigenvalue weighted by Gasteiger charge is -2.22. The summed E-state index contributed by atoms with van der Waals surface area (Å²) in [4.78, 5) is 57.8. The lowest BCUT2D eigenvalue weighted by Crippen LogP contribution is -2.38. The SMILES string of the molecule is CCCCC/C=C\C\C=C/C=C/C=C/[C@@H](SC[C@H](N)C(=O)OC[C@H](COP(=O)(O)OC[C@H](N)C(=O)O)OC(=O)CCCCCCCCCCCCCCC)[C@@H](O)CCCC(=O)O. The molecule has 0 saturated heterocycles. The Hall–Kier alpha value is -2.82. The maximum Gasteiger partial charge on any atom is 0.472 e. The second-order valence-electron chi connectivity index (χ2n) is 15.4. The Morgan fingerprint density at radius 1 is 0.677 bits per heavy atom. The maximum absolute atomic E-state index is 13.0. The third-order valence-electron chi connectivity index (χ3n) is 9.58. The fraction of sp³-hybridized carbons (Fsp3) is 0.733. The molecule has 0 rings (SSSR count). The Bertz CT molecular complexity index is 1360. The molecule has 0 amide bonds. The number of aliphatic hydroxyl groups is 1. The van der Waals surface area contributed by atoms with Crippen LogP contribution >= 0.6 is 19.6 Å². The van der Waals surface area contributed by atoms with Crippen LogP contribution in [-0.4, -0.2) is 99.2 Å². The molecule has 0 spiro atoms. The summed E-state index contributed by atoms with van der Waals surface area (Å²) in [6.45, 7) is 2.25. The zero-order valence-electron chi connectivity index (χ0n) is 37.4. The first-order valence-corrected chi connectivity index (χ1v) is 25.1. The van der Waals surface area contributed by atoms with Gasteiger partial charge in [0.05, 0.1) is 19.3 Å². The summed E-state index contributed by atoms with van der Waals surface area (Å²) in [5.74, 6) is -3.94. The van der Waals surface area contributed by atoms with E-state index in [1.54, 1.807) is 18.2 Å². The summed E-state index contributed by atoms with van der Waals surface area (Å²) in [5.41, 5.74) is 11.5. The Kier molecular flexibility index (Phi) is 37.9. The van der Waals surface area contributed by atoms with Crippen LogP contribution in [0.5, 0.6) is 0 Å². The van der Waals surface area contributed by atoms with Crippen molar-refractivity contribution in [2.24, 2.45) is 11.5 Å². The normalized spacial score (nSPS) is 15.5. The average molecular weight is 919 g/mol. The lowest BCUT2D eigenvalue weighted by molar-refractivity contribution is -0.161. The molecule has 0 bridgehead atoms. The Balaban J connectivity index is 5.26. The number of carboxylic acids is 2. The van der Waals surface area contributed by atoms with Gasteiger partial charge in [-0.2, -0.15) is 0 Å². The number of nitrogens with two attached hydrogens (primary N) is 2. The largest absolute Gasteiger partial charge is 0.481 e. The molecule has 0 aromatic rings. The molecule has 0 heterocycles. The predicted octanol–water partition coefficient (Wildman–Crippen LogP) is 8.71. The first-order valence-electron chi connectivity index (χ1n) is 22.6. The summed E-state index contributed by atoms with van der Waals surface area (Å²) < 4.78 is 32.8. The molecule has 0 radical (unpaired) electrons. The smallest absolute Gasteiger partial charge is 0.472 e. The number of aliphatic hydroxyl groups excluding tert-OH is 1. The van der Waals surface area contributed by atoms with E-state index < -0.39 is 81.1 Å². The highest BCUT2D eigenvalue weighted by atomic mass is 32.2. The molecule has 0 aromatic carbocycles. The number of carbonyl (C=O) groups excluding carboxylic acids is 2. The standard InChI is InChI=1S/C45H79N2O13PS/c1-3-5-7-9-11-13-15-17-19-21-23-25-27-32-43(51)60-37(34-58-61(55,56)59-35-38(46)44(52)53)33-57-45(54)39(47)36-62-41(40(48)29-28-31-42(49)50)30-26-24-22-20-18-16-14-12-10-8-6-4-2/h12,14,18,20,22,24,26,30,37-41,48H,3-11,13,15-17,19,21,23,25,27-29,31-36,46-47H2,1-2H3,(H,49,50)(H,52,53)(H,55,56)/b14-12-,20-18-,24-22+,30-26+/t37-,38+,39+,40+,41-/m1/s1. The van der Waals surface area contributed by atoms with Crippen molar-refractivity contribution >= 4 is 43.5 Å². The number of unbranched alkanes of at least 4 members (excludes halogenated alkanes) is 15. The number of thioether (sulfide) groups is 1. The van der Waals surface area contributed by atoms with E-state index in [4.69, 9.17) is 35.7 Å². The van der Waals surface area contributed by atoms with Crippen LogP contribution < -0.4 is 11.5 Å². The van der Waals surface area contributed by atoms with Gasteiger partial charge in [0.1, 0.15) is 18.7 Å². The molecule has 358 valence electrons. The third kappa shape index (κ3) is 36.6. The van der Waals surface area contributed by atoms with Crippen molar-refractivity contribution in [1.82, 2.24) is 0 Å². The molecule has 0 aliphatic carbocycles. The molecule has 0 aliphatic rings. The van der Waals surface area contributed by atoms with Gasteiger partial charge in [0, 0.05) is 23.8 Å². The van der Waals surface area contributed by atoms with Gasteiger partial charge in [0.15, 0.2) is 6.10 Å². The summed E-state index contributed by atoms with van der Waals surface area (Å²) >= 11 is 1.18. The van der Waals surface area contributed by atoms with E-state index in [0.29, 0.717) is 6.42 Å². The summed E-state index contributed by atoms with van der Waals surface area (Å²) in [6, 6.07) is -2.78. The first-order chi connectivity index (χ1) is 29.7. The molecule has 0 fully saturated rings. The zero-order valence-corrected chi connectivity index (χ0v) is 39.1. The van der Waals surface area contributed by atoms with Crippen molar-refractivity contribution in [3.8, 4) is 0 Å². The fourth-order valence-electron chi connectivity index (χ4n) is 5.86. The Morgan fingerprint density at radius 3 is 1.87 bits per heavy atom. The number of carbonyl (C=O) groups is 4. The van der Waals surface area contributed by atoms with Crippen LogP contribution in [0.2, 0.25) is 0 Å². The molecular weight excluding hydrogens is 840 g/mol. The molecule has 62 heavy (non-hydrogen) atoms. The highest BCUT2D eigenvalue weighted by Crippen LogP contribution is 2.43. The van der Waals surface area contributed by atoms with E-state index in [1.807, 2.05) is 18.2 Å². The molecule has 15 nitrogen and oxygen atoms in total. The van der Waals surface area contributed by atoms with Gasteiger partial charge in [-0.05, 0) is 38.5 Å². The molecule has 6 atom stereocenters. The molecule has 17 heteroatoms. The summed E-state index contributed by atoms with van der Waals surface area (Å²) in [6.07, 6.45) is 33.7. The number of phosphoric acid groups is 1. The highest BCUT2D eigenvalue weighted by Gasteiger charge is 2.29. The molecule has 8 N–H and O–H groups in total. The molecule has 0 saturated carbocycles. The van der Waals surface area contributed by atoms with E-state index in [2.05, 4.69) is 30.5 Å². The minimum Gasteiger partial charge on any atom is -0.481 e. The van der Waals surface area contributed by atoms with E-state index >= 15 is 0 Å². The van der Waals surface area contributed by atoms with Gasteiger partial charge in [0.25, 0.3) is 0 Å².